The molecule has 1 fully saturated rings. The number of hydrogen-bond acceptors (Lipinski definition) is 2. The first-order valence-corrected chi connectivity index (χ1v) is 8.77. The summed E-state index contributed by atoms with van der Waals surface area (Å²) < 4.78 is 0. The van der Waals surface area contributed by atoms with Crippen LogP contribution in [0.15, 0.2) is 78.9 Å². The van der Waals surface area contributed by atoms with Gasteiger partial charge in [-0.15, -0.1) is 0 Å². The van der Waals surface area contributed by atoms with Gasteiger partial charge in [0.2, 0.25) is 0 Å². The van der Waals surface area contributed by atoms with Crippen molar-refractivity contribution in [1.29, 1.82) is 0 Å². The molecule has 0 saturated carbocycles. The fraction of sp³-hybridized carbons (Fsp3) is 0.130. The molecule has 0 amide bonds. The monoisotopic (exact) mass is 324 g/mol. The van der Waals surface area contributed by atoms with Crippen molar-refractivity contribution >= 4 is 21.5 Å². The first-order chi connectivity index (χ1) is 12.3. The topological polar surface area (TPSA) is 38.0 Å². The molecule has 5 rings (SSSR count). The van der Waals surface area contributed by atoms with E-state index in [0.717, 1.165) is 13.1 Å². The van der Waals surface area contributed by atoms with Crippen molar-refractivity contribution in [3.8, 4) is 11.1 Å². The second-order valence-corrected chi connectivity index (χ2v) is 6.97. The standard InChI is InChI=1S/C23H20N2/c24-23(14-25-15-23)22-19-12-6-4-10-17(19)21(16-8-2-1-3-9-16)18-11-5-7-13-20(18)22/h1-13,25H,14-15,24H2. The molecule has 0 bridgehead atoms. The van der Waals surface area contributed by atoms with Gasteiger partial charge >= 0.3 is 0 Å². The molecule has 1 saturated heterocycles. The van der Waals surface area contributed by atoms with Gasteiger partial charge in [0.05, 0.1) is 5.54 Å². The third-order valence-corrected chi connectivity index (χ3v) is 5.37. The van der Waals surface area contributed by atoms with Crippen molar-refractivity contribution in [3.05, 3.63) is 84.4 Å². The molecule has 0 unspecified atom stereocenters. The van der Waals surface area contributed by atoms with Gasteiger partial charge in [0, 0.05) is 13.1 Å². The summed E-state index contributed by atoms with van der Waals surface area (Å²) in [5.74, 6) is 0. The smallest absolute Gasteiger partial charge is 0.0674 e. The van der Waals surface area contributed by atoms with Crippen LogP contribution in [-0.4, -0.2) is 13.1 Å². The Labute approximate surface area is 147 Å². The van der Waals surface area contributed by atoms with Crippen LogP contribution < -0.4 is 11.1 Å². The van der Waals surface area contributed by atoms with Gasteiger partial charge in [-0.2, -0.15) is 0 Å². The van der Waals surface area contributed by atoms with E-state index in [-0.39, 0.29) is 5.54 Å². The predicted octanol–water partition coefficient (Wildman–Crippen LogP) is 4.42. The molecule has 122 valence electrons. The Bertz CT molecular complexity index is 1020. The average Bonchev–Trinajstić information content (AvgIpc) is 2.65. The maximum Gasteiger partial charge on any atom is 0.0674 e. The van der Waals surface area contributed by atoms with Gasteiger partial charge in [-0.05, 0) is 38.2 Å². The molecule has 0 aliphatic carbocycles. The van der Waals surface area contributed by atoms with Crippen LogP contribution in [0.2, 0.25) is 0 Å². The summed E-state index contributed by atoms with van der Waals surface area (Å²) in [6, 6.07) is 28.0. The second kappa shape index (κ2) is 5.41. The zero-order chi connectivity index (χ0) is 16.9. The van der Waals surface area contributed by atoms with E-state index >= 15 is 0 Å². The van der Waals surface area contributed by atoms with Crippen molar-refractivity contribution < 1.29 is 0 Å². The molecule has 2 heteroatoms. The molecule has 1 aliphatic heterocycles. The van der Waals surface area contributed by atoms with E-state index in [1.165, 1.54) is 38.2 Å². The Morgan fingerprint density at radius 3 is 1.60 bits per heavy atom. The lowest BCUT2D eigenvalue weighted by atomic mass is 9.77. The Hall–Kier alpha value is -2.68. The number of nitrogens with one attached hydrogen (secondary N) is 1. The van der Waals surface area contributed by atoms with Crippen molar-refractivity contribution in [2.45, 2.75) is 5.54 Å². The normalized spacial score (nSPS) is 16.0. The van der Waals surface area contributed by atoms with Crippen LogP contribution in [0.25, 0.3) is 32.7 Å². The Balaban J connectivity index is 2.00. The van der Waals surface area contributed by atoms with E-state index < -0.39 is 0 Å². The van der Waals surface area contributed by atoms with Crippen LogP contribution in [0.1, 0.15) is 5.56 Å². The quantitative estimate of drug-likeness (QED) is 0.536. The lowest BCUT2D eigenvalue weighted by Gasteiger charge is -2.41. The summed E-state index contributed by atoms with van der Waals surface area (Å²) in [7, 11) is 0. The molecule has 25 heavy (non-hydrogen) atoms. The lowest BCUT2D eigenvalue weighted by molar-refractivity contribution is 0.292. The molecule has 1 heterocycles. The minimum atomic E-state index is -0.297. The summed E-state index contributed by atoms with van der Waals surface area (Å²) in [5, 5.41) is 8.44. The molecule has 0 spiro atoms. The van der Waals surface area contributed by atoms with Crippen LogP contribution >= 0.6 is 0 Å². The third kappa shape index (κ3) is 2.12. The van der Waals surface area contributed by atoms with Crippen molar-refractivity contribution in [2.24, 2.45) is 5.73 Å². The highest BCUT2D eigenvalue weighted by atomic mass is 15.1. The summed E-state index contributed by atoms with van der Waals surface area (Å²) in [5.41, 5.74) is 10.3. The van der Waals surface area contributed by atoms with Gasteiger partial charge in [-0.25, -0.2) is 0 Å². The van der Waals surface area contributed by atoms with Gasteiger partial charge < -0.3 is 11.1 Å². The minimum absolute atomic E-state index is 0.297. The second-order valence-electron chi connectivity index (χ2n) is 6.97. The van der Waals surface area contributed by atoms with E-state index in [0.29, 0.717) is 0 Å². The highest BCUT2D eigenvalue weighted by Gasteiger charge is 2.37. The molecule has 2 nitrogen and oxygen atoms in total. The van der Waals surface area contributed by atoms with Gasteiger partial charge in [0.15, 0.2) is 0 Å². The predicted molar refractivity (Wildman–Crippen MR) is 106 cm³/mol. The zero-order valence-corrected chi connectivity index (χ0v) is 14.0. The largest absolute Gasteiger partial charge is 0.319 e. The van der Waals surface area contributed by atoms with E-state index in [1.54, 1.807) is 0 Å². The van der Waals surface area contributed by atoms with Gasteiger partial charge in [0.25, 0.3) is 0 Å². The Kier molecular flexibility index (Phi) is 3.17. The highest BCUT2D eigenvalue weighted by Crippen LogP contribution is 2.43. The first kappa shape index (κ1) is 14.6. The number of rotatable bonds is 2. The fourth-order valence-corrected chi connectivity index (χ4v) is 4.15. The maximum atomic E-state index is 6.78. The molecule has 0 aromatic heterocycles. The molecular formula is C23H20N2. The van der Waals surface area contributed by atoms with Crippen molar-refractivity contribution in [3.63, 3.8) is 0 Å². The van der Waals surface area contributed by atoms with Crippen LogP contribution in [0, 0.1) is 0 Å². The number of fused-ring (bicyclic) bond motifs is 2. The van der Waals surface area contributed by atoms with Gasteiger partial charge in [-0.1, -0.05) is 78.9 Å². The van der Waals surface area contributed by atoms with Crippen molar-refractivity contribution in [2.75, 3.05) is 13.1 Å². The SMILES string of the molecule is NC1(c2c3ccccc3c(-c3ccccc3)c3ccccc23)CNC1. The lowest BCUT2D eigenvalue weighted by Crippen LogP contribution is -2.62. The van der Waals surface area contributed by atoms with Crippen LogP contribution in [0.5, 0.6) is 0 Å². The molecule has 4 aromatic carbocycles. The average molecular weight is 324 g/mol. The number of nitrogens with two attached hydrogens (primary N) is 1. The van der Waals surface area contributed by atoms with Crippen molar-refractivity contribution in [1.82, 2.24) is 5.32 Å². The zero-order valence-electron chi connectivity index (χ0n) is 14.0. The number of hydrogen-bond donors (Lipinski definition) is 2. The molecule has 4 aromatic rings. The van der Waals surface area contributed by atoms with Crippen LogP contribution in [-0.2, 0) is 5.54 Å². The summed E-state index contributed by atoms with van der Waals surface area (Å²) in [6.45, 7) is 1.65. The molecule has 0 radical (unpaired) electrons. The van der Waals surface area contributed by atoms with E-state index in [1.807, 2.05) is 0 Å². The summed E-state index contributed by atoms with van der Waals surface area (Å²) in [6.07, 6.45) is 0. The third-order valence-electron chi connectivity index (χ3n) is 5.37. The molecular weight excluding hydrogens is 304 g/mol. The van der Waals surface area contributed by atoms with E-state index in [4.69, 9.17) is 5.73 Å². The fourth-order valence-electron chi connectivity index (χ4n) is 4.15. The van der Waals surface area contributed by atoms with Gasteiger partial charge in [0.1, 0.15) is 0 Å². The molecule has 3 N–H and O–H groups in total. The maximum absolute atomic E-state index is 6.78. The Morgan fingerprint density at radius 1 is 0.640 bits per heavy atom. The molecule has 0 atom stereocenters. The first-order valence-electron chi connectivity index (χ1n) is 8.77. The summed E-state index contributed by atoms with van der Waals surface area (Å²) in [4.78, 5) is 0. The highest BCUT2D eigenvalue weighted by molar-refractivity contribution is 6.15. The summed E-state index contributed by atoms with van der Waals surface area (Å²) >= 11 is 0. The van der Waals surface area contributed by atoms with Gasteiger partial charge in [-0.3, -0.25) is 0 Å². The van der Waals surface area contributed by atoms with E-state index in [9.17, 15) is 0 Å². The van der Waals surface area contributed by atoms with E-state index in [2.05, 4.69) is 84.2 Å². The van der Waals surface area contributed by atoms with Crippen LogP contribution in [0.3, 0.4) is 0 Å². The Morgan fingerprint density at radius 2 is 1.12 bits per heavy atom. The van der Waals surface area contributed by atoms with Crippen LogP contribution in [0.4, 0.5) is 0 Å². The number of benzene rings is 4. The molecule has 1 aliphatic rings. The minimum Gasteiger partial charge on any atom is -0.319 e.